The number of amides is 3. The zero-order chi connectivity index (χ0) is 23.5. The highest BCUT2D eigenvalue weighted by Crippen LogP contribution is 2.28. The van der Waals surface area contributed by atoms with Gasteiger partial charge in [-0.3, -0.25) is 19.3 Å². The maximum Gasteiger partial charge on any atom is 0.262 e. The summed E-state index contributed by atoms with van der Waals surface area (Å²) in [6, 6.07) is 20.5. The zero-order valence-electron chi connectivity index (χ0n) is 18.9. The minimum atomic E-state index is -0.902. The lowest BCUT2D eigenvalue weighted by atomic mass is 10.0. The molecule has 0 saturated heterocycles. The lowest BCUT2D eigenvalue weighted by molar-refractivity contribution is -0.120. The summed E-state index contributed by atoms with van der Waals surface area (Å²) in [6.45, 7) is 5.92. The number of anilines is 1. The van der Waals surface area contributed by atoms with Crippen LogP contribution < -0.4 is 10.1 Å². The van der Waals surface area contributed by atoms with Gasteiger partial charge in [0.25, 0.3) is 11.8 Å². The number of nitrogens with one attached hydrogen (secondary N) is 1. The molecule has 4 rings (SSSR count). The van der Waals surface area contributed by atoms with Crippen LogP contribution in [0.3, 0.4) is 0 Å². The maximum absolute atomic E-state index is 13.2. The van der Waals surface area contributed by atoms with E-state index in [-0.39, 0.29) is 5.92 Å². The third-order valence-corrected chi connectivity index (χ3v) is 5.51. The quantitative estimate of drug-likeness (QED) is 0.495. The van der Waals surface area contributed by atoms with Crippen molar-refractivity contribution in [2.24, 2.45) is 5.92 Å². The van der Waals surface area contributed by atoms with Gasteiger partial charge in [-0.1, -0.05) is 43.7 Å². The van der Waals surface area contributed by atoms with Crippen LogP contribution in [0.15, 0.2) is 72.8 Å². The molecule has 3 aromatic carbocycles. The van der Waals surface area contributed by atoms with Gasteiger partial charge in [0.1, 0.15) is 17.5 Å². The van der Waals surface area contributed by atoms with E-state index in [0.29, 0.717) is 29.0 Å². The monoisotopic (exact) mass is 442 g/mol. The number of carbonyl (C=O) groups is 3. The van der Waals surface area contributed by atoms with Crippen LogP contribution in [0.2, 0.25) is 0 Å². The van der Waals surface area contributed by atoms with Crippen molar-refractivity contribution in [1.29, 1.82) is 0 Å². The smallest absolute Gasteiger partial charge is 0.262 e. The van der Waals surface area contributed by atoms with Crippen LogP contribution in [0.5, 0.6) is 11.5 Å². The highest BCUT2D eigenvalue weighted by molar-refractivity contribution is 6.23. The molecule has 168 valence electrons. The van der Waals surface area contributed by atoms with Crippen molar-refractivity contribution in [2.75, 3.05) is 5.32 Å². The van der Waals surface area contributed by atoms with Crippen LogP contribution >= 0.6 is 0 Å². The first-order valence-electron chi connectivity index (χ1n) is 11.0. The fourth-order valence-corrected chi connectivity index (χ4v) is 3.84. The Balaban J connectivity index is 1.49. The van der Waals surface area contributed by atoms with Crippen molar-refractivity contribution in [3.05, 3.63) is 89.5 Å². The second-order valence-electron chi connectivity index (χ2n) is 8.60. The van der Waals surface area contributed by atoms with Crippen molar-refractivity contribution in [3.8, 4) is 11.5 Å². The number of imide groups is 1. The Morgan fingerprint density at radius 3 is 1.88 bits per heavy atom. The summed E-state index contributed by atoms with van der Waals surface area (Å²) in [6.07, 6.45) is 0.367. The average molecular weight is 443 g/mol. The first-order valence-corrected chi connectivity index (χ1v) is 11.0. The summed E-state index contributed by atoms with van der Waals surface area (Å²) >= 11 is 0. The summed E-state index contributed by atoms with van der Waals surface area (Å²) in [5.41, 5.74) is 2.37. The summed E-state index contributed by atoms with van der Waals surface area (Å²) in [5.74, 6) is 0.202. The second-order valence-corrected chi connectivity index (χ2v) is 8.60. The van der Waals surface area contributed by atoms with Crippen LogP contribution in [0.1, 0.15) is 46.5 Å². The number of nitrogens with zero attached hydrogens (tertiary/aromatic N) is 1. The second kappa shape index (κ2) is 9.28. The van der Waals surface area contributed by atoms with E-state index >= 15 is 0 Å². The molecule has 1 aliphatic rings. The summed E-state index contributed by atoms with van der Waals surface area (Å²) in [4.78, 5) is 40.2. The molecule has 6 nitrogen and oxygen atoms in total. The van der Waals surface area contributed by atoms with Gasteiger partial charge in [0.05, 0.1) is 11.1 Å². The molecule has 1 aliphatic heterocycles. The molecule has 6 heteroatoms. The summed E-state index contributed by atoms with van der Waals surface area (Å²) in [5, 5.41) is 2.85. The predicted octanol–water partition coefficient (Wildman–Crippen LogP) is 5.44. The lowest BCUT2D eigenvalue weighted by Crippen LogP contribution is -2.47. The Morgan fingerprint density at radius 1 is 0.848 bits per heavy atom. The van der Waals surface area contributed by atoms with Gasteiger partial charge < -0.3 is 10.1 Å². The number of benzene rings is 3. The SMILES string of the molecule is Cc1ccc(Oc2ccc(NC(=O)C(CC(C)C)N3C(=O)c4ccccc4C3=O)cc2)cc1. The molecule has 1 heterocycles. The van der Waals surface area contributed by atoms with Gasteiger partial charge in [-0.2, -0.15) is 0 Å². The highest BCUT2D eigenvalue weighted by Gasteiger charge is 2.42. The van der Waals surface area contributed by atoms with E-state index < -0.39 is 23.8 Å². The number of fused-ring (bicyclic) bond motifs is 1. The Labute approximate surface area is 193 Å². The van der Waals surface area contributed by atoms with E-state index in [0.717, 1.165) is 16.2 Å². The number of ether oxygens (including phenoxy) is 1. The molecule has 3 amide bonds. The summed E-state index contributed by atoms with van der Waals surface area (Å²) in [7, 11) is 0. The van der Waals surface area contributed by atoms with Crippen LogP contribution in [0.25, 0.3) is 0 Å². The van der Waals surface area contributed by atoms with E-state index in [2.05, 4.69) is 5.32 Å². The molecule has 1 atom stereocenters. The number of hydrogen-bond acceptors (Lipinski definition) is 4. The first-order chi connectivity index (χ1) is 15.8. The van der Waals surface area contributed by atoms with Gasteiger partial charge >= 0.3 is 0 Å². The van der Waals surface area contributed by atoms with E-state index in [1.807, 2.05) is 45.0 Å². The molecule has 0 aliphatic carbocycles. The standard InChI is InChI=1S/C27H26N2O4/c1-17(2)16-24(29-26(31)22-6-4-5-7-23(22)27(29)32)25(30)28-19-10-14-21(15-11-19)33-20-12-8-18(3)9-13-20/h4-15,17,24H,16H2,1-3H3,(H,28,30). The van der Waals surface area contributed by atoms with Gasteiger partial charge in [0.2, 0.25) is 5.91 Å². The molecule has 1 unspecified atom stereocenters. The molecule has 0 spiro atoms. The number of carbonyl (C=O) groups excluding carboxylic acids is 3. The van der Waals surface area contributed by atoms with E-state index in [9.17, 15) is 14.4 Å². The molecule has 0 fully saturated rings. The average Bonchev–Trinajstić information content (AvgIpc) is 3.05. The van der Waals surface area contributed by atoms with Gasteiger partial charge in [0.15, 0.2) is 0 Å². The van der Waals surface area contributed by atoms with Gasteiger partial charge in [-0.25, -0.2) is 0 Å². The zero-order valence-corrected chi connectivity index (χ0v) is 18.9. The Hall–Kier alpha value is -3.93. The first kappa shape index (κ1) is 22.3. The highest BCUT2D eigenvalue weighted by atomic mass is 16.5. The van der Waals surface area contributed by atoms with E-state index in [4.69, 9.17) is 4.74 Å². The maximum atomic E-state index is 13.2. The Morgan fingerprint density at radius 2 is 1.36 bits per heavy atom. The molecule has 0 saturated carbocycles. The molecular formula is C27H26N2O4. The van der Waals surface area contributed by atoms with Crippen molar-refractivity contribution >= 4 is 23.4 Å². The van der Waals surface area contributed by atoms with Crippen molar-refractivity contribution in [2.45, 2.75) is 33.2 Å². The topological polar surface area (TPSA) is 75.7 Å². The van der Waals surface area contributed by atoms with Gasteiger partial charge in [0, 0.05) is 5.69 Å². The Kier molecular flexibility index (Phi) is 6.27. The third kappa shape index (κ3) is 4.80. The van der Waals surface area contributed by atoms with Gasteiger partial charge in [-0.15, -0.1) is 0 Å². The Bertz CT molecular complexity index is 1150. The molecule has 1 N–H and O–H groups in total. The van der Waals surface area contributed by atoms with Gasteiger partial charge in [-0.05, 0) is 67.8 Å². The normalized spacial score (nSPS) is 13.8. The molecule has 33 heavy (non-hydrogen) atoms. The molecule has 0 aromatic heterocycles. The van der Waals surface area contributed by atoms with Crippen LogP contribution in [0.4, 0.5) is 5.69 Å². The third-order valence-electron chi connectivity index (χ3n) is 5.51. The summed E-state index contributed by atoms with van der Waals surface area (Å²) < 4.78 is 5.83. The fourth-order valence-electron chi connectivity index (χ4n) is 3.84. The van der Waals surface area contributed by atoms with E-state index in [1.165, 1.54) is 0 Å². The number of hydrogen-bond donors (Lipinski definition) is 1. The molecular weight excluding hydrogens is 416 g/mol. The van der Waals surface area contributed by atoms with E-state index in [1.54, 1.807) is 48.5 Å². The van der Waals surface area contributed by atoms with Crippen molar-refractivity contribution < 1.29 is 19.1 Å². The lowest BCUT2D eigenvalue weighted by Gasteiger charge is -2.26. The molecule has 3 aromatic rings. The molecule has 0 bridgehead atoms. The van der Waals surface area contributed by atoms with Crippen molar-refractivity contribution in [3.63, 3.8) is 0 Å². The van der Waals surface area contributed by atoms with Crippen LogP contribution in [-0.2, 0) is 4.79 Å². The number of aryl methyl sites for hydroxylation is 1. The fraction of sp³-hybridized carbons (Fsp3) is 0.222. The van der Waals surface area contributed by atoms with Crippen LogP contribution in [0, 0.1) is 12.8 Å². The van der Waals surface area contributed by atoms with Crippen LogP contribution in [-0.4, -0.2) is 28.7 Å². The molecule has 0 radical (unpaired) electrons. The largest absolute Gasteiger partial charge is 0.457 e. The minimum Gasteiger partial charge on any atom is -0.457 e. The van der Waals surface area contributed by atoms with Crippen molar-refractivity contribution in [1.82, 2.24) is 4.90 Å². The minimum absolute atomic E-state index is 0.107. The predicted molar refractivity (Wildman–Crippen MR) is 127 cm³/mol. The number of rotatable bonds is 7.